The third kappa shape index (κ3) is 4.71. The van der Waals surface area contributed by atoms with Crippen LogP contribution in [0.5, 0.6) is 0 Å². The highest BCUT2D eigenvalue weighted by atomic mass is 15.1. The summed E-state index contributed by atoms with van der Waals surface area (Å²) in [7, 11) is 0. The van der Waals surface area contributed by atoms with E-state index in [0.29, 0.717) is 17.5 Å². The van der Waals surface area contributed by atoms with E-state index in [0.717, 1.165) is 44.8 Å². The average Bonchev–Trinajstić information content (AvgIpc) is 3.94. The van der Waals surface area contributed by atoms with Gasteiger partial charge in [0, 0.05) is 27.9 Å². The zero-order chi connectivity index (χ0) is 38.2. The minimum atomic E-state index is -0.466. The van der Waals surface area contributed by atoms with Crippen molar-refractivity contribution < 1.29 is 0 Å². The van der Waals surface area contributed by atoms with Crippen LogP contribution in [-0.4, -0.2) is 24.5 Å². The zero-order valence-corrected chi connectivity index (χ0v) is 31.3. The fourth-order valence-corrected chi connectivity index (χ4v) is 9.44. The lowest BCUT2D eigenvalue weighted by molar-refractivity contribution is 0.794. The van der Waals surface area contributed by atoms with E-state index in [1.54, 1.807) is 0 Å². The first-order chi connectivity index (χ1) is 28.8. The molecule has 5 nitrogen and oxygen atoms in total. The van der Waals surface area contributed by atoms with Crippen LogP contribution in [-0.2, 0) is 5.41 Å². The van der Waals surface area contributed by atoms with E-state index in [2.05, 4.69) is 174 Å². The topological polar surface area (TPSA) is 56.5 Å². The fourth-order valence-electron chi connectivity index (χ4n) is 9.44. The van der Waals surface area contributed by atoms with Crippen molar-refractivity contribution in [3.8, 4) is 73.5 Å². The molecular weight excluding hydrogens is 707 g/mol. The summed E-state index contributed by atoms with van der Waals surface area (Å²) in [4.78, 5) is 20.8. The maximum absolute atomic E-state index is 5.29. The molecule has 2 heterocycles. The number of nitrogens with zero attached hydrogens (tertiary/aromatic N) is 5. The Labute approximate surface area is 335 Å². The van der Waals surface area contributed by atoms with Crippen molar-refractivity contribution >= 4 is 11.0 Å². The number of aromatic nitrogens is 5. The Morgan fingerprint density at radius 2 is 0.810 bits per heavy atom. The molecular formula is C53H33N5. The van der Waals surface area contributed by atoms with Gasteiger partial charge in [-0.25, -0.2) is 19.9 Å². The monoisotopic (exact) mass is 739 g/mol. The first-order valence-corrected chi connectivity index (χ1v) is 19.6. The molecule has 0 fully saturated rings. The Morgan fingerprint density at radius 3 is 1.47 bits per heavy atom. The Hall–Kier alpha value is -7.76. The number of hydrogen-bond donors (Lipinski definition) is 0. The van der Waals surface area contributed by atoms with Crippen LogP contribution in [0, 0.1) is 0 Å². The van der Waals surface area contributed by atoms with Crippen molar-refractivity contribution in [2.45, 2.75) is 5.41 Å². The quantitative estimate of drug-likeness (QED) is 0.176. The summed E-state index contributed by atoms with van der Waals surface area (Å²) in [6.07, 6.45) is 0. The third-order valence-corrected chi connectivity index (χ3v) is 11.9. The SMILES string of the molecule is c1ccc(-c2nc(-c3cccc(-c4nc5ccccc5n4-c4ccccc4)c3)nc(-c3ccc4c(c3)C3(c5ccccc5-c5ccccc53)c3ccccc3-4)n2)cc1. The smallest absolute Gasteiger partial charge is 0.164 e. The largest absolute Gasteiger partial charge is 0.292 e. The predicted octanol–water partition coefficient (Wildman–Crippen LogP) is 12.2. The van der Waals surface area contributed by atoms with Gasteiger partial charge in [0.1, 0.15) is 5.82 Å². The van der Waals surface area contributed by atoms with E-state index in [-0.39, 0.29) is 0 Å². The number of imidazole rings is 1. The second-order valence-corrected chi connectivity index (χ2v) is 15.0. The van der Waals surface area contributed by atoms with Gasteiger partial charge < -0.3 is 0 Å². The van der Waals surface area contributed by atoms with Gasteiger partial charge in [-0.3, -0.25) is 4.57 Å². The number of rotatable bonds is 5. The highest BCUT2D eigenvalue weighted by Gasteiger charge is 2.51. The van der Waals surface area contributed by atoms with Crippen molar-refractivity contribution in [2.75, 3.05) is 0 Å². The summed E-state index contributed by atoms with van der Waals surface area (Å²) in [6, 6.07) is 70.7. The molecule has 0 unspecified atom stereocenters. The number of hydrogen-bond acceptors (Lipinski definition) is 4. The van der Waals surface area contributed by atoms with Crippen LogP contribution in [0.2, 0.25) is 0 Å². The molecule has 1 spiro atoms. The molecule has 0 atom stereocenters. The van der Waals surface area contributed by atoms with E-state index in [1.165, 1.54) is 44.5 Å². The van der Waals surface area contributed by atoms with Crippen molar-refractivity contribution in [2.24, 2.45) is 0 Å². The number of benzene rings is 8. The minimum absolute atomic E-state index is 0.466. The molecule has 2 aliphatic carbocycles. The molecule has 58 heavy (non-hydrogen) atoms. The van der Waals surface area contributed by atoms with E-state index < -0.39 is 5.41 Å². The standard InChI is InChI=1S/C53H33N5/c1-3-16-34(17-4-1)49-55-50(35-18-15-19-37(32-35)52-54-47-28-13-14-29-48(47)58(52)38-20-5-2-6-21-38)57-51(56-49)36-30-31-42-41-24-9-12-27-45(41)53(46(42)33-36)43-25-10-7-22-39(43)40-23-8-11-26-44(40)53/h1-33H. The minimum Gasteiger partial charge on any atom is -0.292 e. The fraction of sp³-hybridized carbons (Fsp3) is 0.0189. The van der Waals surface area contributed by atoms with Crippen LogP contribution in [0.25, 0.3) is 84.5 Å². The van der Waals surface area contributed by atoms with Gasteiger partial charge in [-0.1, -0.05) is 164 Å². The van der Waals surface area contributed by atoms with E-state index >= 15 is 0 Å². The van der Waals surface area contributed by atoms with E-state index in [1.807, 2.05) is 30.3 Å². The lowest BCUT2D eigenvalue weighted by Crippen LogP contribution is -2.25. The molecule has 0 amide bonds. The normalized spacial score (nSPS) is 13.0. The van der Waals surface area contributed by atoms with Gasteiger partial charge in [0.15, 0.2) is 17.5 Å². The van der Waals surface area contributed by atoms with Crippen molar-refractivity contribution in [3.63, 3.8) is 0 Å². The van der Waals surface area contributed by atoms with Gasteiger partial charge in [-0.2, -0.15) is 0 Å². The molecule has 0 bridgehead atoms. The van der Waals surface area contributed by atoms with Gasteiger partial charge in [0.25, 0.3) is 0 Å². The maximum atomic E-state index is 5.29. The second-order valence-electron chi connectivity index (χ2n) is 15.0. The molecule has 0 saturated heterocycles. The molecule has 0 aliphatic heterocycles. The molecule has 0 radical (unpaired) electrons. The summed E-state index contributed by atoms with van der Waals surface area (Å²) in [5.41, 5.74) is 16.5. The van der Waals surface area contributed by atoms with Crippen LogP contribution in [0.15, 0.2) is 200 Å². The maximum Gasteiger partial charge on any atom is 0.164 e. The van der Waals surface area contributed by atoms with Gasteiger partial charge in [-0.05, 0) is 80.9 Å². The molecule has 10 aromatic rings. The Kier molecular flexibility index (Phi) is 7.07. The van der Waals surface area contributed by atoms with Crippen LogP contribution >= 0.6 is 0 Å². The van der Waals surface area contributed by atoms with Crippen LogP contribution in [0.1, 0.15) is 22.3 Å². The predicted molar refractivity (Wildman–Crippen MR) is 232 cm³/mol. The summed E-state index contributed by atoms with van der Waals surface area (Å²) < 4.78 is 2.22. The Morgan fingerprint density at radius 1 is 0.328 bits per heavy atom. The van der Waals surface area contributed by atoms with Gasteiger partial charge in [-0.15, -0.1) is 0 Å². The summed E-state index contributed by atoms with van der Waals surface area (Å²) >= 11 is 0. The molecule has 12 rings (SSSR count). The van der Waals surface area contributed by atoms with Crippen LogP contribution in [0.4, 0.5) is 0 Å². The Balaban J connectivity index is 1.06. The number of fused-ring (bicyclic) bond motifs is 11. The summed E-state index contributed by atoms with van der Waals surface area (Å²) in [5, 5.41) is 0. The van der Waals surface area contributed by atoms with Gasteiger partial charge in [0.05, 0.1) is 16.4 Å². The van der Waals surface area contributed by atoms with E-state index in [4.69, 9.17) is 19.9 Å². The average molecular weight is 740 g/mol. The van der Waals surface area contributed by atoms with Crippen LogP contribution < -0.4 is 0 Å². The third-order valence-electron chi connectivity index (χ3n) is 11.9. The molecule has 0 saturated carbocycles. The van der Waals surface area contributed by atoms with Crippen molar-refractivity contribution in [1.82, 2.24) is 24.5 Å². The molecule has 5 heteroatoms. The first kappa shape index (κ1) is 32.5. The Bertz CT molecular complexity index is 3170. The first-order valence-electron chi connectivity index (χ1n) is 19.6. The van der Waals surface area contributed by atoms with Crippen molar-refractivity contribution in [3.05, 3.63) is 222 Å². The van der Waals surface area contributed by atoms with Crippen molar-refractivity contribution in [1.29, 1.82) is 0 Å². The summed E-state index contributed by atoms with van der Waals surface area (Å²) in [5.74, 6) is 2.70. The molecule has 8 aromatic carbocycles. The highest BCUT2D eigenvalue weighted by Crippen LogP contribution is 2.63. The van der Waals surface area contributed by atoms with E-state index in [9.17, 15) is 0 Å². The zero-order valence-electron chi connectivity index (χ0n) is 31.3. The molecule has 270 valence electrons. The second kappa shape index (κ2) is 12.6. The molecule has 0 N–H and O–H groups in total. The number of para-hydroxylation sites is 3. The highest BCUT2D eigenvalue weighted by molar-refractivity contribution is 5.96. The van der Waals surface area contributed by atoms with Gasteiger partial charge in [0.2, 0.25) is 0 Å². The van der Waals surface area contributed by atoms with Gasteiger partial charge >= 0.3 is 0 Å². The summed E-state index contributed by atoms with van der Waals surface area (Å²) in [6.45, 7) is 0. The lowest BCUT2D eigenvalue weighted by Gasteiger charge is -2.30. The lowest BCUT2D eigenvalue weighted by atomic mass is 9.70. The molecule has 2 aromatic heterocycles. The molecule has 2 aliphatic rings. The van der Waals surface area contributed by atoms with Crippen LogP contribution in [0.3, 0.4) is 0 Å².